The van der Waals surface area contributed by atoms with Crippen molar-refractivity contribution in [3.05, 3.63) is 64.2 Å². The molecule has 0 bridgehead atoms. The third-order valence-corrected chi connectivity index (χ3v) is 5.12. The summed E-state index contributed by atoms with van der Waals surface area (Å²) < 4.78 is 5.99. The number of hydrogen-bond acceptors (Lipinski definition) is 2. The monoisotopic (exact) mass is 337 g/mol. The Morgan fingerprint density at radius 3 is 2.76 bits per heavy atom. The lowest BCUT2D eigenvalue weighted by Crippen LogP contribution is -2.39. The van der Waals surface area contributed by atoms with Crippen LogP contribution in [0.2, 0.25) is 0 Å². The highest BCUT2D eigenvalue weighted by Crippen LogP contribution is 2.30. The van der Waals surface area contributed by atoms with Crippen molar-refractivity contribution in [1.29, 1.82) is 0 Å². The van der Waals surface area contributed by atoms with Gasteiger partial charge in [-0.2, -0.15) is 0 Å². The molecule has 25 heavy (non-hydrogen) atoms. The molecule has 0 spiro atoms. The van der Waals surface area contributed by atoms with Crippen molar-refractivity contribution >= 4 is 5.91 Å². The maximum Gasteiger partial charge on any atom is 0.261 e. The fourth-order valence-corrected chi connectivity index (χ4v) is 3.56. The van der Waals surface area contributed by atoms with Crippen LogP contribution >= 0.6 is 0 Å². The van der Waals surface area contributed by atoms with Gasteiger partial charge in [0.05, 0.1) is 6.04 Å². The van der Waals surface area contributed by atoms with Gasteiger partial charge in [-0.1, -0.05) is 30.3 Å². The Hall–Kier alpha value is -2.29. The lowest BCUT2D eigenvalue weighted by molar-refractivity contribution is -0.128. The van der Waals surface area contributed by atoms with Crippen LogP contribution in [0.15, 0.2) is 36.4 Å². The van der Waals surface area contributed by atoms with Gasteiger partial charge >= 0.3 is 0 Å². The highest BCUT2D eigenvalue weighted by Gasteiger charge is 2.24. The topological polar surface area (TPSA) is 38.3 Å². The van der Waals surface area contributed by atoms with Crippen LogP contribution in [-0.4, -0.2) is 12.0 Å². The lowest BCUT2D eigenvalue weighted by Gasteiger charge is -2.27. The maximum absolute atomic E-state index is 12.7. The molecule has 0 unspecified atom stereocenters. The number of nitrogens with one attached hydrogen (secondary N) is 1. The predicted molar refractivity (Wildman–Crippen MR) is 101 cm³/mol. The van der Waals surface area contributed by atoms with Crippen LogP contribution < -0.4 is 10.1 Å². The van der Waals surface area contributed by atoms with Gasteiger partial charge in [-0.3, -0.25) is 4.79 Å². The summed E-state index contributed by atoms with van der Waals surface area (Å²) >= 11 is 0. The molecule has 2 atom stereocenters. The third-order valence-electron chi connectivity index (χ3n) is 5.12. The van der Waals surface area contributed by atoms with E-state index in [1.165, 1.54) is 16.7 Å². The third kappa shape index (κ3) is 3.87. The van der Waals surface area contributed by atoms with Crippen LogP contribution in [-0.2, 0) is 11.2 Å². The molecule has 0 saturated carbocycles. The van der Waals surface area contributed by atoms with Crippen LogP contribution in [0.25, 0.3) is 0 Å². The standard InChI is InChI=1S/C22H27NO2/c1-14-12-15(2)16(3)21(13-14)25-17(4)22(24)23-20-11-7-9-18-8-5-6-10-19(18)20/h5-6,8,10,12-13,17,20H,7,9,11H2,1-4H3,(H,23,24)/t17-,20+/m1/s1. The fourth-order valence-electron chi connectivity index (χ4n) is 3.56. The van der Waals surface area contributed by atoms with Crippen molar-refractivity contribution in [3.63, 3.8) is 0 Å². The Kier molecular flexibility index (Phi) is 5.12. The number of hydrogen-bond donors (Lipinski definition) is 1. The van der Waals surface area contributed by atoms with Crippen LogP contribution in [0.1, 0.15) is 53.6 Å². The van der Waals surface area contributed by atoms with Crippen molar-refractivity contribution in [1.82, 2.24) is 5.32 Å². The summed E-state index contributed by atoms with van der Waals surface area (Å²) in [7, 11) is 0. The van der Waals surface area contributed by atoms with Crippen LogP contribution in [0.5, 0.6) is 5.75 Å². The normalized spacial score (nSPS) is 17.5. The molecule has 1 aliphatic rings. The first-order valence-electron chi connectivity index (χ1n) is 9.08. The molecule has 1 aliphatic carbocycles. The molecular weight excluding hydrogens is 310 g/mol. The minimum absolute atomic E-state index is 0.0553. The van der Waals surface area contributed by atoms with Gasteiger partial charge in [0, 0.05) is 0 Å². The molecule has 2 aromatic rings. The molecule has 3 nitrogen and oxygen atoms in total. The zero-order valence-corrected chi connectivity index (χ0v) is 15.6. The highest BCUT2D eigenvalue weighted by atomic mass is 16.5. The number of benzene rings is 2. The quantitative estimate of drug-likeness (QED) is 0.887. The molecule has 0 heterocycles. The second kappa shape index (κ2) is 7.30. The van der Waals surface area contributed by atoms with Crippen molar-refractivity contribution in [2.75, 3.05) is 0 Å². The van der Waals surface area contributed by atoms with Crippen molar-refractivity contribution in [2.45, 2.75) is 59.1 Å². The minimum Gasteiger partial charge on any atom is -0.481 e. The van der Waals surface area contributed by atoms with Crippen LogP contribution in [0.4, 0.5) is 0 Å². The van der Waals surface area contributed by atoms with Gasteiger partial charge in [0.25, 0.3) is 5.91 Å². The summed E-state index contributed by atoms with van der Waals surface area (Å²) in [5.41, 5.74) is 6.01. The zero-order valence-electron chi connectivity index (χ0n) is 15.6. The molecule has 0 aromatic heterocycles. The summed E-state index contributed by atoms with van der Waals surface area (Å²) in [5.74, 6) is 0.740. The summed E-state index contributed by atoms with van der Waals surface area (Å²) in [4.78, 5) is 12.7. The molecule has 0 fully saturated rings. The number of aryl methyl sites for hydroxylation is 3. The van der Waals surface area contributed by atoms with E-state index in [4.69, 9.17) is 4.74 Å². The maximum atomic E-state index is 12.7. The van der Waals surface area contributed by atoms with Gasteiger partial charge in [-0.05, 0) is 80.8 Å². The van der Waals surface area contributed by atoms with E-state index in [2.05, 4.69) is 36.5 Å². The molecule has 0 aliphatic heterocycles. The lowest BCUT2D eigenvalue weighted by atomic mass is 9.87. The Morgan fingerprint density at radius 2 is 1.96 bits per heavy atom. The molecule has 1 N–H and O–H groups in total. The van der Waals surface area contributed by atoms with Gasteiger partial charge in [-0.15, -0.1) is 0 Å². The van der Waals surface area contributed by atoms with E-state index in [-0.39, 0.29) is 11.9 Å². The van der Waals surface area contributed by atoms with E-state index in [0.29, 0.717) is 0 Å². The van der Waals surface area contributed by atoms with Gasteiger partial charge in [0.2, 0.25) is 0 Å². The van der Waals surface area contributed by atoms with E-state index in [1.54, 1.807) is 0 Å². The average Bonchev–Trinajstić information content (AvgIpc) is 2.59. The first-order chi connectivity index (χ1) is 12.0. The van der Waals surface area contributed by atoms with Gasteiger partial charge in [0.15, 0.2) is 6.10 Å². The fraction of sp³-hybridized carbons (Fsp3) is 0.409. The first kappa shape index (κ1) is 17.5. The van der Waals surface area contributed by atoms with E-state index >= 15 is 0 Å². The molecule has 2 aromatic carbocycles. The summed E-state index contributed by atoms with van der Waals surface area (Å²) in [5, 5.41) is 3.18. The molecule has 3 rings (SSSR count). The Morgan fingerprint density at radius 1 is 1.20 bits per heavy atom. The second-order valence-corrected chi connectivity index (χ2v) is 7.12. The summed E-state index contributed by atoms with van der Waals surface area (Å²) in [6.07, 6.45) is 2.66. The van der Waals surface area contributed by atoms with E-state index in [9.17, 15) is 4.79 Å². The van der Waals surface area contributed by atoms with Crippen LogP contribution in [0, 0.1) is 20.8 Å². The SMILES string of the molecule is Cc1cc(C)c(C)c(O[C@H](C)C(=O)N[C@H]2CCCc3ccccc32)c1. The average molecular weight is 337 g/mol. The molecular formula is C22H27NO2. The smallest absolute Gasteiger partial charge is 0.261 e. The largest absolute Gasteiger partial charge is 0.481 e. The number of fused-ring (bicyclic) bond motifs is 1. The number of ether oxygens (including phenoxy) is 1. The number of amides is 1. The molecule has 132 valence electrons. The minimum atomic E-state index is -0.519. The number of carbonyl (C=O) groups is 1. The molecule has 3 heteroatoms. The van der Waals surface area contributed by atoms with Crippen molar-refractivity contribution in [3.8, 4) is 5.75 Å². The van der Waals surface area contributed by atoms with Gasteiger partial charge in [-0.25, -0.2) is 0 Å². The van der Waals surface area contributed by atoms with E-state index < -0.39 is 6.10 Å². The Bertz CT molecular complexity index is 782. The van der Waals surface area contributed by atoms with Gasteiger partial charge in [0.1, 0.15) is 5.75 Å². The predicted octanol–water partition coefficient (Wildman–Crippen LogP) is 4.57. The Labute approximate surface area is 150 Å². The highest BCUT2D eigenvalue weighted by molar-refractivity contribution is 5.81. The second-order valence-electron chi connectivity index (χ2n) is 7.12. The molecule has 0 radical (unpaired) electrons. The van der Waals surface area contributed by atoms with Crippen molar-refractivity contribution < 1.29 is 9.53 Å². The summed E-state index contributed by atoms with van der Waals surface area (Å²) in [6.45, 7) is 7.97. The molecule has 1 amide bonds. The van der Waals surface area contributed by atoms with E-state index in [0.717, 1.165) is 36.1 Å². The summed E-state index contributed by atoms with van der Waals surface area (Å²) in [6, 6.07) is 12.6. The number of rotatable bonds is 4. The Balaban J connectivity index is 1.70. The number of carbonyl (C=O) groups excluding carboxylic acids is 1. The zero-order chi connectivity index (χ0) is 18.0. The van der Waals surface area contributed by atoms with Crippen LogP contribution in [0.3, 0.4) is 0 Å². The first-order valence-corrected chi connectivity index (χ1v) is 9.08. The molecule has 0 saturated heterocycles. The van der Waals surface area contributed by atoms with E-state index in [1.807, 2.05) is 32.9 Å². The van der Waals surface area contributed by atoms with Gasteiger partial charge < -0.3 is 10.1 Å². The van der Waals surface area contributed by atoms with Crippen molar-refractivity contribution in [2.24, 2.45) is 0 Å².